The van der Waals surface area contributed by atoms with Crippen LogP contribution in [0.3, 0.4) is 0 Å². The molecule has 0 heterocycles. The van der Waals surface area contributed by atoms with E-state index in [-0.39, 0.29) is 18.2 Å². The second-order valence-corrected chi connectivity index (χ2v) is 9.35. The minimum atomic E-state index is -0.553. The molecule has 3 aromatic rings. The maximum absolute atomic E-state index is 12.8. The molecule has 33 heavy (non-hydrogen) atoms. The lowest BCUT2D eigenvalue weighted by Crippen LogP contribution is -2.43. The van der Waals surface area contributed by atoms with Crippen LogP contribution >= 0.6 is 0 Å². The lowest BCUT2D eigenvalue weighted by molar-refractivity contribution is 0.00929. The average Bonchev–Trinajstić information content (AvgIpc) is 3.16. The van der Waals surface area contributed by atoms with Gasteiger partial charge in [0.25, 0.3) is 0 Å². The summed E-state index contributed by atoms with van der Waals surface area (Å²) in [7, 11) is 1.78. The molecule has 5 heteroatoms. The van der Waals surface area contributed by atoms with E-state index in [1.54, 1.807) is 11.9 Å². The predicted octanol–water partition coefficient (Wildman–Crippen LogP) is 6.18. The Morgan fingerprint density at radius 3 is 2.24 bits per heavy atom. The number of carbonyl (C=O) groups excluding carboxylic acids is 1. The molecule has 0 saturated carbocycles. The third kappa shape index (κ3) is 5.67. The number of benzene rings is 3. The SMILES string of the molecule is CN(C(=O)OC(C)(C)C)[C@H]1Cc2ccccc2[C@H]1Oc1ccc(OCc2ccccc2)cc1. The van der Waals surface area contributed by atoms with E-state index < -0.39 is 5.60 Å². The van der Waals surface area contributed by atoms with Crippen LogP contribution in [-0.2, 0) is 17.8 Å². The van der Waals surface area contributed by atoms with Gasteiger partial charge in [-0.1, -0.05) is 54.6 Å². The van der Waals surface area contributed by atoms with Crippen LogP contribution in [0.2, 0.25) is 0 Å². The van der Waals surface area contributed by atoms with Crippen molar-refractivity contribution in [3.05, 3.63) is 95.6 Å². The summed E-state index contributed by atoms with van der Waals surface area (Å²) in [5.41, 5.74) is 2.85. The van der Waals surface area contributed by atoms with Crippen LogP contribution < -0.4 is 9.47 Å². The van der Waals surface area contributed by atoms with E-state index in [1.807, 2.05) is 87.5 Å². The molecule has 0 spiro atoms. The summed E-state index contributed by atoms with van der Waals surface area (Å²) in [4.78, 5) is 14.4. The molecule has 172 valence electrons. The molecule has 5 nitrogen and oxygen atoms in total. The Balaban J connectivity index is 1.47. The number of hydrogen-bond acceptors (Lipinski definition) is 4. The van der Waals surface area contributed by atoms with Crippen LogP contribution in [0.4, 0.5) is 4.79 Å². The zero-order valence-electron chi connectivity index (χ0n) is 19.7. The molecule has 0 N–H and O–H groups in total. The molecule has 0 unspecified atom stereocenters. The molecule has 0 bridgehead atoms. The maximum Gasteiger partial charge on any atom is 0.410 e. The number of rotatable bonds is 6. The Bertz CT molecular complexity index is 1070. The van der Waals surface area contributed by atoms with Crippen molar-refractivity contribution in [1.82, 2.24) is 4.90 Å². The molecule has 2 atom stereocenters. The average molecular weight is 446 g/mol. The molecule has 4 rings (SSSR count). The monoisotopic (exact) mass is 445 g/mol. The molecule has 1 aliphatic rings. The number of likely N-dealkylation sites (N-methyl/N-ethyl adjacent to an activating group) is 1. The first-order valence-electron chi connectivity index (χ1n) is 11.3. The Morgan fingerprint density at radius 1 is 0.909 bits per heavy atom. The summed E-state index contributed by atoms with van der Waals surface area (Å²) >= 11 is 0. The largest absolute Gasteiger partial charge is 0.489 e. The number of hydrogen-bond donors (Lipinski definition) is 0. The van der Waals surface area contributed by atoms with Gasteiger partial charge in [-0.2, -0.15) is 0 Å². The minimum Gasteiger partial charge on any atom is -0.489 e. The topological polar surface area (TPSA) is 48.0 Å². The van der Waals surface area contributed by atoms with Crippen LogP contribution in [0.25, 0.3) is 0 Å². The fraction of sp³-hybridized carbons (Fsp3) is 0.321. The zero-order chi connectivity index (χ0) is 23.4. The van der Waals surface area contributed by atoms with Crippen LogP contribution in [-0.4, -0.2) is 29.7 Å². The van der Waals surface area contributed by atoms with E-state index in [0.29, 0.717) is 6.61 Å². The molecule has 0 radical (unpaired) electrons. The second kappa shape index (κ2) is 9.57. The zero-order valence-corrected chi connectivity index (χ0v) is 19.7. The molecular formula is C28H31NO4. The second-order valence-electron chi connectivity index (χ2n) is 9.35. The molecule has 1 aliphatic carbocycles. The van der Waals surface area contributed by atoms with E-state index in [1.165, 1.54) is 5.56 Å². The lowest BCUT2D eigenvalue weighted by Gasteiger charge is -2.32. The first kappa shape index (κ1) is 22.7. The number of amides is 1. The van der Waals surface area contributed by atoms with Gasteiger partial charge in [0, 0.05) is 7.05 Å². The molecule has 1 amide bonds. The summed E-state index contributed by atoms with van der Waals surface area (Å²) in [6, 6.07) is 25.7. The van der Waals surface area contributed by atoms with E-state index in [9.17, 15) is 4.79 Å². The van der Waals surface area contributed by atoms with Gasteiger partial charge in [-0.15, -0.1) is 0 Å². The van der Waals surface area contributed by atoms with Crippen molar-refractivity contribution in [2.75, 3.05) is 7.05 Å². The molecule has 3 aromatic carbocycles. The van der Waals surface area contributed by atoms with Gasteiger partial charge in [0.05, 0.1) is 6.04 Å². The smallest absolute Gasteiger partial charge is 0.410 e. The highest BCUT2D eigenvalue weighted by molar-refractivity contribution is 5.68. The van der Waals surface area contributed by atoms with Gasteiger partial charge in [0.15, 0.2) is 0 Å². The molecule has 0 saturated heterocycles. The fourth-order valence-electron chi connectivity index (χ4n) is 3.99. The summed E-state index contributed by atoms with van der Waals surface area (Å²) in [6.07, 6.45) is 0.0860. The number of carbonyl (C=O) groups is 1. The van der Waals surface area contributed by atoms with Gasteiger partial charge in [-0.05, 0) is 68.1 Å². The first-order chi connectivity index (χ1) is 15.8. The van der Waals surface area contributed by atoms with Gasteiger partial charge in [0.1, 0.15) is 29.8 Å². The Kier molecular flexibility index (Phi) is 6.59. The van der Waals surface area contributed by atoms with E-state index in [4.69, 9.17) is 14.2 Å². The highest BCUT2D eigenvalue weighted by Gasteiger charge is 2.39. The summed E-state index contributed by atoms with van der Waals surface area (Å²) in [6.45, 7) is 6.13. The fourth-order valence-corrected chi connectivity index (χ4v) is 3.99. The summed E-state index contributed by atoms with van der Waals surface area (Å²) < 4.78 is 17.9. The highest BCUT2D eigenvalue weighted by atomic mass is 16.6. The van der Waals surface area contributed by atoms with Crippen molar-refractivity contribution < 1.29 is 19.0 Å². The van der Waals surface area contributed by atoms with Crippen molar-refractivity contribution in [1.29, 1.82) is 0 Å². The minimum absolute atomic E-state index is 0.161. The van der Waals surface area contributed by atoms with Crippen molar-refractivity contribution in [2.45, 2.75) is 51.5 Å². The van der Waals surface area contributed by atoms with E-state index in [2.05, 4.69) is 12.1 Å². The normalized spacial score (nSPS) is 17.2. The van der Waals surface area contributed by atoms with E-state index in [0.717, 1.165) is 29.0 Å². The number of nitrogens with zero attached hydrogens (tertiary/aromatic N) is 1. The lowest BCUT2D eigenvalue weighted by atomic mass is 10.1. The maximum atomic E-state index is 12.8. The Morgan fingerprint density at radius 2 is 1.55 bits per heavy atom. The first-order valence-corrected chi connectivity index (χ1v) is 11.3. The van der Waals surface area contributed by atoms with Crippen molar-refractivity contribution in [3.63, 3.8) is 0 Å². The molecule has 0 fully saturated rings. The van der Waals surface area contributed by atoms with Gasteiger partial charge in [0.2, 0.25) is 0 Å². The van der Waals surface area contributed by atoms with Crippen molar-refractivity contribution >= 4 is 6.09 Å². The van der Waals surface area contributed by atoms with Gasteiger partial charge < -0.3 is 19.1 Å². The highest BCUT2D eigenvalue weighted by Crippen LogP contribution is 2.38. The molecule has 0 aliphatic heterocycles. The van der Waals surface area contributed by atoms with Gasteiger partial charge in [-0.25, -0.2) is 4.79 Å². The van der Waals surface area contributed by atoms with Crippen LogP contribution in [0, 0.1) is 0 Å². The third-order valence-corrected chi connectivity index (χ3v) is 5.65. The van der Waals surface area contributed by atoms with Gasteiger partial charge >= 0.3 is 6.09 Å². The van der Waals surface area contributed by atoms with Crippen molar-refractivity contribution in [2.24, 2.45) is 0 Å². The summed E-state index contributed by atoms with van der Waals surface area (Å²) in [5.74, 6) is 1.51. The predicted molar refractivity (Wildman–Crippen MR) is 129 cm³/mol. The standard InChI is InChI=1S/C28H31NO4/c1-28(2,3)33-27(30)29(4)25-18-21-12-8-9-13-24(21)26(25)32-23-16-14-22(15-17-23)31-19-20-10-6-5-7-11-20/h5-17,25-26H,18-19H2,1-4H3/t25-,26+/m0/s1. The number of fused-ring (bicyclic) bond motifs is 1. The molecule has 0 aromatic heterocycles. The summed E-state index contributed by atoms with van der Waals surface area (Å²) in [5, 5.41) is 0. The quantitative estimate of drug-likeness (QED) is 0.455. The molecular weight excluding hydrogens is 414 g/mol. The van der Waals surface area contributed by atoms with Crippen LogP contribution in [0.1, 0.15) is 43.6 Å². The Labute approximate surface area is 195 Å². The van der Waals surface area contributed by atoms with Crippen molar-refractivity contribution in [3.8, 4) is 11.5 Å². The third-order valence-electron chi connectivity index (χ3n) is 5.65. The number of ether oxygens (including phenoxy) is 3. The van der Waals surface area contributed by atoms with Crippen LogP contribution in [0.5, 0.6) is 11.5 Å². The Hall–Kier alpha value is -3.47. The van der Waals surface area contributed by atoms with Gasteiger partial charge in [-0.3, -0.25) is 0 Å². The van der Waals surface area contributed by atoms with Crippen LogP contribution in [0.15, 0.2) is 78.9 Å². The van der Waals surface area contributed by atoms with E-state index >= 15 is 0 Å².